The molecule has 0 radical (unpaired) electrons. The van der Waals surface area contributed by atoms with Crippen LogP contribution in [-0.2, 0) is 16.0 Å². The second kappa shape index (κ2) is 11.1. The van der Waals surface area contributed by atoms with Gasteiger partial charge in [0.1, 0.15) is 18.2 Å². The van der Waals surface area contributed by atoms with Crippen LogP contribution in [0, 0.1) is 5.92 Å². The molecule has 0 saturated carbocycles. The number of amides is 2. The summed E-state index contributed by atoms with van der Waals surface area (Å²) < 4.78 is 6.13. The molecule has 2 fully saturated rings. The molecule has 8 nitrogen and oxygen atoms in total. The van der Waals surface area contributed by atoms with E-state index in [0.717, 1.165) is 42.7 Å². The van der Waals surface area contributed by atoms with Gasteiger partial charge in [-0.05, 0) is 80.9 Å². The number of aryl methyl sites for hydroxylation is 1. The Hall–Kier alpha value is -3.13. The number of anilines is 2. The molecule has 1 aromatic carbocycles. The van der Waals surface area contributed by atoms with Crippen LogP contribution in [-0.4, -0.2) is 59.4 Å². The molecule has 0 aliphatic carbocycles. The highest BCUT2D eigenvalue weighted by atomic mass is 16.5. The number of hydrogen-bond acceptors (Lipinski definition) is 6. The third-order valence-electron chi connectivity index (χ3n) is 7.27. The Bertz CT molecular complexity index is 1060. The number of pyridine rings is 1. The summed E-state index contributed by atoms with van der Waals surface area (Å²) in [5.74, 6) is 0.372. The average molecular weight is 480 g/mol. The molecule has 0 bridgehead atoms. The van der Waals surface area contributed by atoms with E-state index in [1.54, 1.807) is 11.0 Å². The van der Waals surface area contributed by atoms with Gasteiger partial charge in [-0.25, -0.2) is 4.98 Å². The first-order chi connectivity index (χ1) is 16.9. The van der Waals surface area contributed by atoms with Crippen molar-refractivity contribution < 1.29 is 14.3 Å². The van der Waals surface area contributed by atoms with E-state index < -0.39 is 11.8 Å². The highest BCUT2D eigenvalue weighted by Gasteiger charge is 2.34. The van der Waals surface area contributed by atoms with Crippen molar-refractivity contribution in [3.8, 4) is 5.75 Å². The number of aromatic nitrogens is 1. The molecule has 2 saturated heterocycles. The van der Waals surface area contributed by atoms with E-state index in [-0.39, 0.29) is 6.04 Å². The summed E-state index contributed by atoms with van der Waals surface area (Å²) in [4.78, 5) is 34.4. The molecule has 2 aliphatic heterocycles. The van der Waals surface area contributed by atoms with Crippen LogP contribution in [0.4, 0.5) is 11.5 Å². The Labute approximate surface area is 207 Å². The zero-order chi connectivity index (χ0) is 24.9. The lowest BCUT2D eigenvalue weighted by Crippen LogP contribution is -2.46. The largest absolute Gasteiger partial charge is 0.492 e. The van der Waals surface area contributed by atoms with Gasteiger partial charge in [-0.15, -0.1) is 0 Å². The summed E-state index contributed by atoms with van der Waals surface area (Å²) in [6, 6.07) is 10.0. The number of nitrogens with one attached hydrogen (secondary N) is 1. The summed E-state index contributed by atoms with van der Waals surface area (Å²) in [6.07, 6.45) is 6.33. The molecule has 1 aromatic heterocycles. The molecular weight excluding hydrogens is 442 g/mol. The second-order valence-electron chi connectivity index (χ2n) is 9.89. The molecule has 8 heteroatoms. The predicted molar refractivity (Wildman–Crippen MR) is 137 cm³/mol. The number of likely N-dealkylation sites (N-methyl/N-ethyl adjacent to an activating group) is 1. The number of likely N-dealkylation sites (tertiary alicyclic amines) is 2. The summed E-state index contributed by atoms with van der Waals surface area (Å²) in [6.45, 7) is 6.38. The number of nitrogen functional groups attached to an aromatic ring is 1. The molecular formula is C27H37N5O3. The van der Waals surface area contributed by atoms with Gasteiger partial charge >= 0.3 is 11.8 Å². The van der Waals surface area contributed by atoms with Crippen LogP contribution in [0.3, 0.4) is 0 Å². The van der Waals surface area contributed by atoms with E-state index in [0.29, 0.717) is 43.0 Å². The van der Waals surface area contributed by atoms with Gasteiger partial charge in [-0.2, -0.15) is 0 Å². The number of hydrogen-bond donors (Lipinski definition) is 2. The maximum atomic E-state index is 13.3. The minimum atomic E-state index is -0.658. The number of piperidine rings is 1. The average Bonchev–Trinajstić information content (AvgIpc) is 3.28. The van der Waals surface area contributed by atoms with Gasteiger partial charge < -0.3 is 25.6 Å². The first-order valence-electron chi connectivity index (χ1n) is 12.6. The quantitative estimate of drug-likeness (QED) is 0.614. The van der Waals surface area contributed by atoms with Crippen molar-refractivity contribution in [1.29, 1.82) is 0 Å². The van der Waals surface area contributed by atoms with Crippen LogP contribution in [0.2, 0.25) is 0 Å². The third-order valence-corrected chi connectivity index (χ3v) is 7.27. The van der Waals surface area contributed by atoms with Gasteiger partial charge in [0.25, 0.3) is 0 Å². The highest BCUT2D eigenvalue weighted by molar-refractivity contribution is 6.39. The van der Waals surface area contributed by atoms with Crippen LogP contribution < -0.4 is 15.8 Å². The van der Waals surface area contributed by atoms with Gasteiger partial charge in [0.05, 0.1) is 17.9 Å². The lowest BCUT2D eigenvalue weighted by Gasteiger charge is -2.38. The molecule has 0 spiro atoms. The summed E-state index contributed by atoms with van der Waals surface area (Å²) >= 11 is 0. The third kappa shape index (κ3) is 5.93. The lowest BCUT2D eigenvalue weighted by molar-refractivity contribution is -0.146. The fourth-order valence-electron chi connectivity index (χ4n) is 5.10. The van der Waals surface area contributed by atoms with Crippen molar-refractivity contribution in [2.75, 3.05) is 37.8 Å². The standard InChI is InChI=1S/C27H37N5O3/c1-4-19-13-21(15-29-25(19)28)30-26(33)27(34)32-16-18(2)10-11-24(32)20-7-5-9-23(14-20)35-17-22-8-6-12-31(22)3/h5,7,9,13-15,18,22,24H,4,6,8,10-12,16-17H2,1-3H3,(H2,28,29)(H,30,33)/t18-,22?,24+/m0/s1. The van der Waals surface area contributed by atoms with E-state index >= 15 is 0 Å². The number of rotatable bonds is 6. The van der Waals surface area contributed by atoms with Gasteiger partial charge in [-0.1, -0.05) is 26.0 Å². The monoisotopic (exact) mass is 479 g/mol. The van der Waals surface area contributed by atoms with Crippen molar-refractivity contribution in [2.24, 2.45) is 5.92 Å². The first-order valence-corrected chi connectivity index (χ1v) is 12.6. The number of carbonyl (C=O) groups is 2. The molecule has 188 valence electrons. The number of benzene rings is 1. The number of nitrogens with zero attached hydrogens (tertiary/aromatic N) is 3. The summed E-state index contributed by atoms with van der Waals surface area (Å²) in [5.41, 5.74) is 8.18. The molecule has 2 aliphatic rings. The van der Waals surface area contributed by atoms with Crippen LogP contribution in [0.5, 0.6) is 5.75 Å². The highest BCUT2D eigenvalue weighted by Crippen LogP contribution is 2.35. The predicted octanol–water partition coefficient (Wildman–Crippen LogP) is 3.64. The van der Waals surface area contributed by atoms with E-state index in [9.17, 15) is 9.59 Å². The second-order valence-corrected chi connectivity index (χ2v) is 9.89. The van der Waals surface area contributed by atoms with E-state index in [2.05, 4.69) is 29.2 Å². The Balaban J connectivity index is 1.47. The molecule has 3 N–H and O–H groups in total. The lowest BCUT2D eigenvalue weighted by atomic mass is 9.89. The topological polar surface area (TPSA) is 101 Å². The number of carbonyl (C=O) groups excluding carboxylic acids is 2. The Kier molecular flexibility index (Phi) is 7.90. The molecule has 2 aromatic rings. The summed E-state index contributed by atoms with van der Waals surface area (Å²) in [5, 5.41) is 2.72. The van der Waals surface area contributed by atoms with Gasteiger partial charge in [0.15, 0.2) is 0 Å². The van der Waals surface area contributed by atoms with E-state index in [4.69, 9.17) is 10.5 Å². The van der Waals surface area contributed by atoms with Crippen molar-refractivity contribution in [2.45, 2.75) is 58.0 Å². The van der Waals surface area contributed by atoms with E-state index in [1.165, 1.54) is 12.6 Å². The van der Waals surface area contributed by atoms with Crippen LogP contribution in [0.25, 0.3) is 0 Å². The van der Waals surface area contributed by atoms with E-state index in [1.807, 2.05) is 31.2 Å². The number of nitrogens with two attached hydrogens (primary N) is 1. The smallest absolute Gasteiger partial charge is 0.313 e. The molecule has 1 unspecified atom stereocenters. The van der Waals surface area contributed by atoms with Crippen LogP contribution in [0.15, 0.2) is 36.5 Å². The fraction of sp³-hybridized carbons (Fsp3) is 0.519. The summed E-state index contributed by atoms with van der Waals surface area (Å²) in [7, 11) is 2.14. The molecule has 4 rings (SSSR count). The molecule has 35 heavy (non-hydrogen) atoms. The maximum Gasteiger partial charge on any atom is 0.313 e. The Morgan fingerprint density at radius 3 is 2.80 bits per heavy atom. The van der Waals surface area contributed by atoms with Crippen LogP contribution in [0.1, 0.15) is 56.7 Å². The van der Waals surface area contributed by atoms with Gasteiger partial charge in [0.2, 0.25) is 0 Å². The molecule has 3 atom stereocenters. The van der Waals surface area contributed by atoms with Crippen LogP contribution >= 0.6 is 0 Å². The molecule has 2 amide bonds. The van der Waals surface area contributed by atoms with Gasteiger partial charge in [0, 0.05) is 12.6 Å². The number of ether oxygens (including phenoxy) is 1. The maximum absolute atomic E-state index is 13.3. The Morgan fingerprint density at radius 1 is 1.23 bits per heavy atom. The van der Waals surface area contributed by atoms with Crippen molar-refractivity contribution in [3.63, 3.8) is 0 Å². The van der Waals surface area contributed by atoms with Crippen molar-refractivity contribution in [1.82, 2.24) is 14.8 Å². The first kappa shape index (κ1) is 25.0. The normalized spacial score (nSPS) is 22.7. The minimum Gasteiger partial charge on any atom is -0.492 e. The molecule has 3 heterocycles. The van der Waals surface area contributed by atoms with Crippen molar-refractivity contribution >= 4 is 23.3 Å². The minimum absolute atomic E-state index is 0.169. The van der Waals surface area contributed by atoms with Gasteiger partial charge in [-0.3, -0.25) is 9.59 Å². The Morgan fingerprint density at radius 2 is 2.06 bits per heavy atom. The zero-order valence-corrected chi connectivity index (χ0v) is 21.0. The zero-order valence-electron chi connectivity index (χ0n) is 21.0. The SMILES string of the molecule is CCc1cc(NC(=O)C(=O)N2C[C@@H](C)CC[C@@H]2c2cccc(OCC3CCCN3C)c2)cnc1N. The van der Waals surface area contributed by atoms with Crippen molar-refractivity contribution in [3.05, 3.63) is 47.7 Å². The fourth-order valence-corrected chi connectivity index (χ4v) is 5.10.